The molecule has 32 heavy (non-hydrogen) atoms. The first-order valence-corrected chi connectivity index (χ1v) is 12.1. The maximum Gasteiger partial charge on any atom is 0.255 e. The number of benzene rings is 2. The van der Waals surface area contributed by atoms with Gasteiger partial charge in [-0.1, -0.05) is 12.1 Å². The summed E-state index contributed by atoms with van der Waals surface area (Å²) in [6.07, 6.45) is 5.98. The highest BCUT2D eigenvalue weighted by atomic mass is 32.2. The van der Waals surface area contributed by atoms with Crippen molar-refractivity contribution in [3.63, 3.8) is 0 Å². The number of carbonyl (C=O) groups is 1. The number of hydrogen-bond acceptors (Lipinski definition) is 5. The Kier molecular flexibility index (Phi) is 4.90. The fourth-order valence-electron chi connectivity index (χ4n) is 4.00. The maximum absolute atomic E-state index is 12.8. The van der Waals surface area contributed by atoms with Crippen molar-refractivity contribution in [1.29, 1.82) is 0 Å². The standard InChI is InChI=1S/C23H21N5O3S/c1-32(30,31)28-12-4-5-16-13-17(8-10-20(16)28)23(29)26-18-9-11-22(24-14-18)27-15-25-19-6-2-3-7-21(19)27/h2-3,6-11,13-15H,4-5,12H2,1H3,(H,26,29). The van der Waals surface area contributed by atoms with Crippen molar-refractivity contribution < 1.29 is 13.2 Å². The number of amides is 1. The molecular formula is C23H21N5O3S. The average Bonchev–Trinajstić information content (AvgIpc) is 3.22. The number of hydrogen-bond donors (Lipinski definition) is 1. The molecule has 0 bridgehead atoms. The lowest BCUT2D eigenvalue weighted by atomic mass is 10.0. The lowest BCUT2D eigenvalue weighted by Gasteiger charge is -2.29. The molecule has 3 heterocycles. The number of imidazole rings is 1. The average molecular weight is 448 g/mol. The van der Waals surface area contributed by atoms with Crippen LogP contribution in [0.15, 0.2) is 67.1 Å². The molecule has 9 heteroatoms. The zero-order valence-electron chi connectivity index (χ0n) is 17.4. The molecule has 0 fully saturated rings. The van der Waals surface area contributed by atoms with Gasteiger partial charge < -0.3 is 5.32 Å². The molecular weight excluding hydrogens is 426 g/mol. The Hall–Kier alpha value is -3.72. The number of aryl methyl sites for hydroxylation is 1. The van der Waals surface area contributed by atoms with Crippen LogP contribution < -0.4 is 9.62 Å². The van der Waals surface area contributed by atoms with E-state index in [1.807, 2.05) is 34.9 Å². The number of aromatic nitrogens is 3. The van der Waals surface area contributed by atoms with Crippen LogP contribution in [0, 0.1) is 0 Å². The van der Waals surface area contributed by atoms with Gasteiger partial charge in [0.15, 0.2) is 0 Å². The van der Waals surface area contributed by atoms with Crippen molar-refractivity contribution >= 4 is 38.3 Å². The number of pyridine rings is 1. The van der Waals surface area contributed by atoms with Crippen molar-refractivity contribution in [2.45, 2.75) is 12.8 Å². The van der Waals surface area contributed by atoms with E-state index < -0.39 is 10.0 Å². The van der Waals surface area contributed by atoms with Crippen LogP contribution in [0.1, 0.15) is 22.3 Å². The normalized spacial score (nSPS) is 13.7. The van der Waals surface area contributed by atoms with E-state index in [1.165, 1.54) is 10.6 Å². The Labute approximate surface area is 185 Å². The molecule has 0 unspecified atom stereocenters. The molecule has 1 aliphatic rings. The highest BCUT2D eigenvalue weighted by Gasteiger charge is 2.24. The third-order valence-corrected chi connectivity index (χ3v) is 6.70. The predicted octanol–water partition coefficient (Wildman–Crippen LogP) is 3.39. The number of carbonyl (C=O) groups excluding carboxylic acids is 1. The SMILES string of the molecule is CS(=O)(=O)N1CCCc2cc(C(=O)Nc3ccc(-n4cnc5ccccc54)nc3)ccc21. The fourth-order valence-corrected chi connectivity index (χ4v) is 4.99. The number of anilines is 2. The van der Waals surface area contributed by atoms with E-state index in [9.17, 15) is 13.2 Å². The van der Waals surface area contributed by atoms with Crippen LogP contribution in [0.4, 0.5) is 11.4 Å². The number of para-hydroxylation sites is 2. The van der Waals surface area contributed by atoms with E-state index in [1.54, 1.807) is 36.8 Å². The number of nitrogens with zero attached hydrogens (tertiary/aromatic N) is 4. The van der Waals surface area contributed by atoms with Crippen LogP contribution in [0.3, 0.4) is 0 Å². The van der Waals surface area contributed by atoms with Crippen molar-refractivity contribution in [3.05, 3.63) is 78.2 Å². The van der Waals surface area contributed by atoms with Crippen molar-refractivity contribution in [3.8, 4) is 5.82 Å². The number of nitrogens with one attached hydrogen (secondary N) is 1. The van der Waals surface area contributed by atoms with Gasteiger partial charge in [0.05, 0.1) is 34.9 Å². The van der Waals surface area contributed by atoms with Gasteiger partial charge >= 0.3 is 0 Å². The van der Waals surface area contributed by atoms with Gasteiger partial charge in [-0.2, -0.15) is 0 Å². The molecule has 0 saturated heterocycles. The monoisotopic (exact) mass is 447 g/mol. The molecule has 1 N–H and O–H groups in total. The molecule has 0 atom stereocenters. The first-order valence-electron chi connectivity index (χ1n) is 10.2. The quantitative estimate of drug-likeness (QED) is 0.517. The molecule has 0 spiro atoms. The summed E-state index contributed by atoms with van der Waals surface area (Å²) in [5, 5.41) is 2.86. The zero-order valence-corrected chi connectivity index (χ0v) is 18.2. The largest absolute Gasteiger partial charge is 0.321 e. The van der Waals surface area contributed by atoms with Crippen LogP contribution in [0.25, 0.3) is 16.9 Å². The molecule has 8 nitrogen and oxygen atoms in total. The summed E-state index contributed by atoms with van der Waals surface area (Å²) < 4.78 is 27.3. The second-order valence-electron chi connectivity index (χ2n) is 7.74. The van der Waals surface area contributed by atoms with Gasteiger partial charge in [0.2, 0.25) is 10.0 Å². The number of sulfonamides is 1. The lowest BCUT2D eigenvalue weighted by Crippen LogP contribution is -2.34. The first kappa shape index (κ1) is 20.2. The van der Waals surface area contributed by atoms with Gasteiger partial charge in [-0.15, -0.1) is 0 Å². The zero-order chi connectivity index (χ0) is 22.3. The Morgan fingerprint density at radius 3 is 2.69 bits per heavy atom. The second kappa shape index (κ2) is 7.76. The van der Waals surface area contributed by atoms with Crippen LogP contribution >= 0.6 is 0 Å². The molecule has 0 aliphatic carbocycles. The molecule has 2 aromatic heterocycles. The number of rotatable bonds is 4. The maximum atomic E-state index is 12.8. The number of fused-ring (bicyclic) bond motifs is 2. The highest BCUT2D eigenvalue weighted by molar-refractivity contribution is 7.92. The molecule has 5 rings (SSSR count). The molecule has 1 aliphatic heterocycles. The van der Waals surface area contributed by atoms with Gasteiger partial charge in [-0.05, 0) is 60.9 Å². The Morgan fingerprint density at radius 2 is 1.91 bits per heavy atom. The van der Waals surface area contributed by atoms with E-state index in [0.29, 0.717) is 29.3 Å². The molecule has 0 radical (unpaired) electrons. The highest BCUT2D eigenvalue weighted by Crippen LogP contribution is 2.30. The van der Waals surface area contributed by atoms with Gasteiger partial charge in [0, 0.05) is 12.1 Å². The minimum absolute atomic E-state index is 0.271. The summed E-state index contributed by atoms with van der Waals surface area (Å²) in [6.45, 7) is 0.460. The predicted molar refractivity (Wildman–Crippen MR) is 124 cm³/mol. The molecule has 2 aromatic carbocycles. The van der Waals surface area contributed by atoms with E-state index in [2.05, 4.69) is 15.3 Å². The third kappa shape index (κ3) is 3.71. The molecule has 162 valence electrons. The van der Waals surface area contributed by atoms with Crippen LogP contribution in [-0.2, 0) is 16.4 Å². The van der Waals surface area contributed by atoms with Crippen molar-refractivity contribution in [2.24, 2.45) is 0 Å². The van der Waals surface area contributed by atoms with Crippen molar-refractivity contribution in [2.75, 3.05) is 22.4 Å². The minimum atomic E-state index is -3.34. The van der Waals surface area contributed by atoms with Gasteiger partial charge in [0.1, 0.15) is 12.1 Å². The summed E-state index contributed by atoms with van der Waals surface area (Å²) in [5.41, 5.74) is 4.38. The Morgan fingerprint density at radius 1 is 1.06 bits per heavy atom. The second-order valence-corrected chi connectivity index (χ2v) is 9.65. The van der Waals surface area contributed by atoms with E-state index in [-0.39, 0.29) is 5.91 Å². The Bertz CT molecular complexity index is 1430. The summed E-state index contributed by atoms with van der Waals surface area (Å²) in [5.74, 6) is 0.429. The summed E-state index contributed by atoms with van der Waals surface area (Å²) in [4.78, 5) is 21.6. The summed E-state index contributed by atoms with van der Waals surface area (Å²) >= 11 is 0. The molecule has 4 aromatic rings. The van der Waals surface area contributed by atoms with Gasteiger partial charge in [0.25, 0.3) is 5.91 Å². The lowest BCUT2D eigenvalue weighted by molar-refractivity contribution is 0.102. The van der Waals surface area contributed by atoms with E-state index >= 15 is 0 Å². The van der Waals surface area contributed by atoms with Crippen LogP contribution in [-0.4, -0.2) is 41.7 Å². The molecule has 1 amide bonds. The van der Waals surface area contributed by atoms with Crippen LogP contribution in [0.5, 0.6) is 0 Å². The minimum Gasteiger partial charge on any atom is -0.321 e. The van der Waals surface area contributed by atoms with Gasteiger partial charge in [-0.25, -0.2) is 18.4 Å². The molecule has 0 saturated carbocycles. The van der Waals surface area contributed by atoms with E-state index in [4.69, 9.17) is 0 Å². The third-order valence-electron chi connectivity index (χ3n) is 5.52. The van der Waals surface area contributed by atoms with Gasteiger partial charge in [-0.3, -0.25) is 13.7 Å². The fraction of sp³-hybridized carbons (Fsp3) is 0.174. The first-order chi connectivity index (χ1) is 15.4. The summed E-state index contributed by atoms with van der Waals surface area (Å²) in [7, 11) is -3.34. The van der Waals surface area contributed by atoms with Crippen molar-refractivity contribution in [1.82, 2.24) is 14.5 Å². The summed E-state index contributed by atoms with van der Waals surface area (Å²) in [6, 6.07) is 16.5. The smallest absolute Gasteiger partial charge is 0.255 e. The topological polar surface area (TPSA) is 97.2 Å². The van der Waals surface area contributed by atoms with Crippen LogP contribution in [0.2, 0.25) is 0 Å². The van der Waals surface area contributed by atoms with E-state index in [0.717, 1.165) is 29.4 Å². The Balaban J connectivity index is 1.35.